The van der Waals surface area contributed by atoms with Gasteiger partial charge in [0, 0.05) is 19.1 Å². The number of aryl methyl sites for hydroxylation is 1. The molecule has 0 bridgehead atoms. The number of rotatable bonds is 5. The minimum atomic E-state index is -0.278. The van der Waals surface area contributed by atoms with Crippen molar-refractivity contribution in [2.75, 3.05) is 19.7 Å². The van der Waals surface area contributed by atoms with E-state index in [2.05, 4.69) is 10.4 Å². The van der Waals surface area contributed by atoms with E-state index in [0.717, 1.165) is 24.2 Å². The Morgan fingerprint density at radius 3 is 2.46 bits per heavy atom. The number of nitrogens with one attached hydrogen (secondary N) is 1. The predicted molar refractivity (Wildman–Crippen MR) is 107 cm³/mol. The molecule has 1 saturated heterocycles. The summed E-state index contributed by atoms with van der Waals surface area (Å²) in [6.45, 7) is 7.42. The summed E-state index contributed by atoms with van der Waals surface area (Å²) in [5, 5.41) is 7.55. The van der Waals surface area contributed by atoms with Crippen LogP contribution in [0.1, 0.15) is 48.3 Å². The van der Waals surface area contributed by atoms with Crippen LogP contribution in [0.4, 0.5) is 4.79 Å². The lowest BCUT2D eigenvalue weighted by atomic mass is 10.0. The zero-order chi connectivity index (χ0) is 20.1. The summed E-state index contributed by atoms with van der Waals surface area (Å²) < 4.78 is 6.87. The van der Waals surface area contributed by atoms with Gasteiger partial charge >= 0.3 is 6.09 Å². The summed E-state index contributed by atoms with van der Waals surface area (Å²) in [4.78, 5) is 26.3. The van der Waals surface area contributed by atoms with Gasteiger partial charge in [0.25, 0.3) is 5.91 Å². The highest BCUT2D eigenvalue weighted by atomic mass is 16.6. The number of aromatic nitrogens is 2. The fourth-order valence-corrected chi connectivity index (χ4v) is 3.50. The first kappa shape index (κ1) is 19.9. The Balaban J connectivity index is 1.65. The van der Waals surface area contributed by atoms with Crippen molar-refractivity contribution in [3.63, 3.8) is 0 Å². The molecule has 0 spiro atoms. The van der Waals surface area contributed by atoms with Crippen LogP contribution in [0.3, 0.4) is 0 Å². The maximum absolute atomic E-state index is 12.8. The lowest BCUT2D eigenvalue weighted by molar-refractivity contribution is 0.0859. The van der Waals surface area contributed by atoms with E-state index in [4.69, 9.17) is 4.74 Å². The molecule has 2 heterocycles. The molecule has 0 unspecified atom stereocenters. The van der Waals surface area contributed by atoms with E-state index in [1.807, 2.05) is 42.8 Å². The van der Waals surface area contributed by atoms with E-state index in [9.17, 15) is 9.59 Å². The van der Waals surface area contributed by atoms with Crippen molar-refractivity contribution in [2.45, 2.75) is 46.1 Å². The van der Waals surface area contributed by atoms with Crippen LogP contribution in [0.15, 0.2) is 30.5 Å². The van der Waals surface area contributed by atoms with Gasteiger partial charge in [-0.2, -0.15) is 5.10 Å². The summed E-state index contributed by atoms with van der Waals surface area (Å²) in [7, 11) is 0. The predicted octanol–water partition coefficient (Wildman–Crippen LogP) is 3.09. The first-order valence-electron chi connectivity index (χ1n) is 9.90. The quantitative estimate of drug-likeness (QED) is 0.859. The number of amides is 2. The number of likely N-dealkylation sites (tertiary alicyclic amines) is 1. The highest BCUT2D eigenvalue weighted by Crippen LogP contribution is 2.18. The molecule has 3 rings (SSSR count). The van der Waals surface area contributed by atoms with Crippen LogP contribution in [0.25, 0.3) is 5.69 Å². The monoisotopic (exact) mass is 384 g/mol. The van der Waals surface area contributed by atoms with Crippen molar-refractivity contribution in [1.82, 2.24) is 20.0 Å². The van der Waals surface area contributed by atoms with Crippen molar-refractivity contribution in [2.24, 2.45) is 0 Å². The smallest absolute Gasteiger partial charge is 0.409 e. The number of carbonyl (C=O) groups is 2. The first-order chi connectivity index (χ1) is 13.5. The summed E-state index contributed by atoms with van der Waals surface area (Å²) in [6, 6.07) is 8.13. The van der Waals surface area contributed by atoms with E-state index in [1.165, 1.54) is 5.56 Å². The molecule has 1 aromatic carbocycles. The Morgan fingerprint density at radius 2 is 1.86 bits per heavy atom. The van der Waals surface area contributed by atoms with Crippen LogP contribution in [-0.2, 0) is 11.2 Å². The third kappa shape index (κ3) is 4.35. The molecule has 1 aliphatic rings. The van der Waals surface area contributed by atoms with E-state index in [-0.39, 0.29) is 18.0 Å². The standard InChI is InChI=1S/C21H28N4O3/c1-4-19-18(14-22-25(19)17-8-6-15(3)7-9-17)20(26)23-16-10-12-24(13-11-16)21(27)28-5-2/h6-9,14,16H,4-5,10-13H2,1-3H3,(H,23,26). The minimum Gasteiger partial charge on any atom is -0.450 e. The molecular formula is C21H28N4O3. The second-order valence-electron chi connectivity index (χ2n) is 7.04. The summed E-state index contributed by atoms with van der Waals surface area (Å²) in [6.07, 6.45) is 3.51. The molecule has 1 N–H and O–H groups in total. The maximum atomic E-state index is 12.8. The summed E-state index contributed by atoms with van der Waals surface area (Å²) >= 11 is 0. The highest BCUT2D eigenvalue weighted by Gasteiger charge is 2.26. The Morgan fingerprint density at radius 1 is 1.18 bits per heavy atom. The van der Waals surface area contributed by atoms with Gasteiger partial charge in [0.1, 0.15) is 0 Å². The fraction of sp³-hybridized carbons (Fsp3) is 0.476. The third-order valence-electron chi connectivity index (χ3n) is 5.08. The number of benzene rings is 1. The molecule has 2 aromatic rings. The lowest BCUT2D eigenvalue weighted by Crippen LogP contribution is -2.46. The molecule has 28 heavy (non-hydrogen) atoms. The zero-order valence-electron chi connectivity index (χ0n) is 16.8. The molecule has 150 valence electrons. The summed E-state index contributed by atoms with van der Waals surface area (Å²) in [5.41, 5.74) is 3.63. The molecule has 1 aliphatic heterocycles. The largest absolute Gasteiger partial charge is 0.450 e. The van der Waals surface area contributed by atoms with Crippen LogP contribution in [0, 0.1) is 6.92 Å². The van der Waals surface area contributed by atoms with Crippen molar-refractivity contribution >= 4 is 12.0 Å². The van der Waals surface area contributed by atoms with Crippen molar-refractivity contribution in [3.8, 4) is 5.69 Å². The van der Waals surface area contributed by atoms with Crippen molar-refractivity contribution in [3.05, 3.63) is 47.3 Å². The van der Waals surface area contributed by atoms with Gasteiger partial charge in [0.2, 0.25) is 0 Å². The first-order valence-corrected chi connectivity index (χ1v) is 9.90. The topological polar surface area (TPSA) is 76.5 Å². The Bertz CT molecular complexity index is 821. The van der Waals surface area contributed by atoms with Crippen LogP contribution in [0.5, 0.6) is 0 Å². The van der Waals surface area contributed by atoms with E-state index in [0.29, 0.717) is 31.7 Å². The van der Waals surface area contributed by atoms with Crippen LogP contribution in [-0.4, -0.2) is 52.4 Å². The molecule has 7 nitrogen and oxygen atoms in total. The maximum Gasteiger partial charge on any atom is 0.409 e. The molecule has 1 aromatic heterocycles. The fourth-order valence-electron chi connectivity index (χ4n) is 3.50. The van der Waals surface area contributed by atoms with Gasteiger partial charge in [-0.3, -0.25) is 4.79 Å². The molecule has 0 saturated carbocycles. The second kappa shape index (κ2) is 8.91. The highest BCUT2D eigenvalue weighted by molar-refractivity contribution is 5.95. The number of piperidine rings is 1. The molecule has 7 heteroatoms. The van der Waals surface area contributed by atoms with Gasteiger partial charge in [-0.05, 0) is 45.2 Å². The number of hydrogen-bond acceptors (Lipinski definition) is 4. The molecule has 0 aliphatic carbocycles. The number of carbonyl (C=O) groups excluding carboxylic acids is 2. The Kier molecular flexibility index (Phi) is 6.34. The molecule has 0 atom stereocenters. The van der Waals surface area contributed by atoms with Crippen molar-refractivity contribution < 1.29 is 14.3 Å². The van der Waals surface area contributed by atoms with E-state index in [1.54, 1.807) is 18.0 Å². The average Bonchev–Trinajstić information content (AvgIpc) is 3.13. The van der Waals surface area contributed by atoms with Gasteiger partial charge in [-0.15, -0.1) is 0 Å². The van der Waals surface area contributed by atoms with E-state index < -0.39 is 0 Å². The minimum absolute atomic E-state index is 0.0469. The van der Waals surface area contributed by atoms with Gasteiger partial charge < -0.3 is 15.0 Å². The van der Waals surface area contributed by atoms with E-state index >= 15 is 0 Å². The van der Waals surface area contributed by atoms with Crippen LogP contribution in [0.2, 0.25) is 0 Å². The van der Waals surface area contributed by atoms with Crippen LogP contribution >= 0.6 is 0 Å². The Hall–Kier alpha value is -2.83. The molecule has 1 fully saturated rings. The molecule has 2 amide bonds. The zero-order valence-corrected chi connectivity index (χ0v) is 16.8. The lowest BCUT2D eigenvalue weighted by Gasteiger charge is -2.31. The van der Waals surface area contributed by atoms with Gasteiger partial charge in [-0.1, -0.05) is 24.6 Å². The number of hydrogen-bond donors (Lipinski definition) is 1. The Labute approximate surface area is 165 Å². The normalized spacial score (nSPS) is 14.8. The average molecular weight is 384 g/mol. The van der Waals surface area contributed by atoms with Crippen molar-refractivity contribution in [1.29, 1.82) is 0 Å². The second-order valence-corrected chi connectivity index (χ2v) is 7.04. The van der Waals surface area contributed by atoms with Crippen LogP contribution < -0.4 is 5.32 Å². The van der Waals surface area contributed by atoms with Gasteiger partial charge in [0.05, 0.1) is 29.7 Å². The third-order valence-corrected chi connectivity index (χ3v) is 5.08. The molecule has 0 radical (unpaired) electrons. The van der Waals surface area contributed by atoms with Gasteiger partial charge in [0.15, 0.2) is 0 Å². The van der Waals surface area contributed by atoms with Gasteiger partial charge in [-0.25, -0.2) is 9.48 Å². The number of ether oxygens (including phenoxy) is 1. The summed E-state index contributed by atoms with van der Waals surface area (Å²) in [5.74, 6) is -0.107. The molecular weight excluding hydrogens is 356 g/mol. The number of nitrogens with zero attached hydrogens (tertiary/aromatic N) is 3. The SMILES string of the molecule is CCOC(=O)N1CCC(NC(=O)c2cnn(-c3ccc(C)cc3)c2CC)CC1.